The second-order valence-electron chi connectivity index (χ2n) is 18.8. The Labute approximate surface area is 392 Å². The van der Waals surface area contributed by atoms with Crippen molar-refractivity contribution in [2.24, 2.45) is 0 Å². The van der Waals surface area contributed by atoms with E-state index in [9.17, 15) is 0 Å². The molecular formula is C67H46. The summed E-state index contributed by atoms with van der Waals surface area (Å²) >= 11 is 0. The minimum Gasteiger partial charge on any atom is -0.0622 e. The Balaban J connectivity index is 1.04. The molecule has 314 valence electrons. The van der Waals surface area contributed by atoms with Gasteiger partial charge in [0.15, 0.2) is 0 Å². The maximum atomic E-state index is 2.46. The fourth-order valence-corrected chi connectivity index (χ4v) is 11.4. The number of hydrogen-bond acceptors (Lipinski definition) is 0. The van der Waals surface area contributed by atoms with E-state index >= 15 is 0 Å². The lowest BCUT2D eigenvalue weighted by atomic mass is 9.81. The van der Waals surface area contributed by atoms with Crippen LogP contribution >= 0.6 is 0 Å². The van der Waals surface area contributed by atoms with Crippen molar-refractivity contribution in [3.63, 3.8) is 0 Å². The van der Waals surface area contributed by atoms with Crippen LogP contribution in [0.5, 0.6) is 0 Å². The Bertz CT molecular complexity index is 3910. The first-order valence-electron chi connectivity index (χ1n) is 23.5. The third-order valence-electron chi connectivity index (χ3n) is 14.7. The van der Waals surface area contributed by atoms with Gasteiger partial charge in [0.05, 0.1) is 0 Å². The third kappa shape index (κ3) is 6.28. The van der Waals surface area contributed by atoms with Crippen molar-refractivity contribution >= 4 is 43.1 Å². The van der Waals surface area contributed by atoms with Gasteiger partial charge in [-0.05, 0) is 162 Å². The summed E-state index contributed by atoms with van der Waals surface area (Å²) in [5.74, 6) is 0. The summed E-state index contributed by atoms with van der Waals surface area (Å²) < 4.78 is 0. The molecule has 0 atom stereocenters. The van der Waals surface area contributed by atoms with Crippen LogP contribution in [0.3, 0.4) is 0 Å². The van der Waals surface area contributed by atoms with Crippen molar-refractivity contribution in [1.82, 2.24) is 0 Å². The van der Waals surface area contributed by atoms with Gasteiger partial charge >= 0.3 is 0 Å². The Kier molecular flexibility index (Phi) is 8.98. The summed E-state index contributed by atoms with van der Waals surface area (Å²) in [4.78, 5) is 0. The van der Waals surface area contributed by atoms with Crippen LogP contribution < -0.4 is 0 Å². The summed E-state index contributed by atoms with van der Waals surface area (Å²) in [6, 6.07) is 90.4. The molecule has 0 spiro atoms. The van der Waals surface area contributed by atoms with Crippen LogP contribution in [0.25, 0.3) is 121 Å². The van der Waals surface area contributed by atoms with Crippen molar-refractivity contribution in [3.8, 4) is 77.9 Å². The molecule has 0 N–H and O–H groups in total. The van der Waals surface area contributed by atoms with E-state index in [1.54, 1.807) is 0 Å². The van der Waals surface area contributed by atoms with E-state index in [0.29, 0.717) is 0 Å². The minimum atomic E-state index is -0.0644. The van der Waals surface area contributed by atoms with E-state index in [1.807, 2.05) is 0 Å². The van der Waals surface area contributed by atoms with Crippen molar-refractivity contribution in [2.75, 3.05) is 0 Å². The van der Waals surface area contributed by atoms with Crippen molar-refractivity contribution < 1.29 is 0 Å². The highest BCUT2D eigenvalue weighted by atomic mass is 14.4. The number of rotatable bonds is 6. The minimum absolute atomic E-state index is 0.0644. The molecule has 0 fully saturated rings. The SMILES string of the molecule is CC1(C)c2ccccc2-c2ccc(-c3ccc(-c4ccc5c(c4)c(-c4ccccc4)c(-c4ccccc4)c4cc(-c6cc7ccccc7cc6-c6ccccc6)ccc45)c4ccccc34)cc21. The lowest BCUT2D eigenvalue weighted by Crippen LogP contribution is -2.14. The molecule has 0 nitrogen and oxygen atoms in total. The molecule has 13 rings (SSSR count). The van der Waals surface area contributed by atoms with Crippen molar-refractivity contribution in [2.45, 2.75) is 19.3 Å². The lowest BCUT2D eigenvalue weighted by Gasteiger charge is -2.22. The average Bonchev–Trinajstić information content (AvgIpc) is 3.62. The van der Waals surface area contributed by atoms with Crippen LogP contribution in [0.15, 0.2) is 243 Å². The first-order chi connectivity index (χ1) is 33.0. The van der Waals surface area contributed by atoms with Crippen molar-refractivity contribution in [1.29, 1.82) is 0 Å². The summed E-state index contributed by atoms with van der Waals surface area (Å²) in [6.07, 6.45) is 0. The van der Waals surface area contributed by atoms with Crippen molar-refractivity contribution in [3.05, 3.63) is 254 Å². The zero-order valence-corrected chi connectivity index (χ0v) is 37.6. The molecule has 12 aromatic carbocycles. The maximum absolute atomic E-state index is 2.46. The van der Waals surface area contributed by atoms with Crippen LogP contribution in [0.4, 0.5) is 0 Å². The molecular weight excluding hydrogens is 805 g/mol. The molecule has 1 aliphatic carbocycles. The fraction of sp³-hybridized carbons (Fsp3) is 0.0448. The molecule has 0 heterocycles. The van der Waals surface area contributed by atoms with Gasteiger partial charge in [-0.1, -0.05) is 226 Å². The number of fused-ring (bicyclic) bond motifs is 8. The topological polar surface area (TPSA) is 0 Å². The van der Waals surface area contributed by atoms with Crippen LogP contribution in [0.1, 0.15) is 25.0 Å². The maximum Gasteiger partial charge on any atom is 0.0159 e. The third-order valence-corrected chi connectivity index (χ3v) is 14.7. The Hall–Kier alpha value is -8.32. The molecule has 0 aromatic heterocycles. The predicted molar refractivity (Wildman–Crippen MR) is 287 cm³/mol. The zero-order valence-electron chi connectivity index (χ0n) is 37.6. The molecule has 1 aliphatic rings. The predicted octanol–water partition coefficient (Wildman–Crippen LogP) is 18.6. The highest BCUT2D eigenvalue weighted by Crippen LogP contribution is 2.51. The van der Waals surface area contributed by atoms with Gasteiger partial charge in [-0.25, -0.2) is 0 Å². The summed E-state index contributed by atoms with van der Waals surface area (Å²) in [7, 11) is 0. The summed E-state index contributed by atoms with van der Waals surface area (Å²) in [5.41, 5.74) is 20.2. The largest absolute Gasteiger partial charge is 0.0622 e. The Morgan fingerprint density at radius 1 is 0.224 bits per heavy atom. The second kappa shape index (κ2) is 15.4. The van der Waals surface area contributed by atoms with Gasteiger partial charge in [-0.15, -0.1) is 0 Å². The smallest absolute Gasteiger partial charge is 0.0159 e. The van der Waals surface area contributed by atoms with Crippen LogP contribution in [-0.4, -0.2) is 0 Å². The zero-order chi connectivity index (χ0) is 44.6. The standard InChI is InChI=1S/C67H46/c1-67(2)63-29-17-16-28-57(63)58-35-32-50(42-64(58)67)52-37-36-51(53-26-14-15-27-54(52)53)48-30-33-55-56-34-31-49(60-39-47-25-13-12-24-46(47)38-59(60)43-18-6-3-7-19-43)41-62(56)66(45-22-10-5-11-23-45)65(61(55)40-48)44-20-8-4-9-21-44/h3-42H,1-2H3. The first-order valence-corrected chi connectivity index (χ1v) is 23.5. The highest BCUT2D eigenvalue weighted by Gasteiger charge is 2.35. The Morgan fingerprint density at radius 3 is 1.19 bits per heavy atom. The molecule has 0 bridgehead atoms. The van der Waals surface area contributed by atoms with E-state index in [1.165, 1.54) is 132 Å². The molecule has 12 aromatic rings. The van der Waals surface area contributed by atoms with Crippen LogP contribution in [-0.2, 0) is 5.41 Å². The highest BCUT2D eigenvalue weighted by molar-refractivity contribution is 6.23. The van der Waals surface area contributed by atoms with Gasteiger partial charge in [-0.3, -0.25) is 0 Å². The second-order valence-corrected chi connectivity index (χ2v) is 18.8. The van der Waals surface area contributed by atoms with Gasteiger partial charge in [0.2, 0.25) is 0 Å². The lowest BCUT2D eigenvalue weighted by molar-refractivity contribution is 0.660. The number of benzene rings is 12. The molecule has 0 saturated carbocycles. The molecule has 0 heteroatoms. The molecule has 0 radical (unpaired) electrons. The van der Waals surface area contributed by atoms with E-state index in [2.05, 4.69) is 257 Å². The van der Waals surface area contributed by atoms with E-state index in [-0.39, 0.29) is 5.41 Å². The summed E-state index contributed by atoms with van der Waals surface area (Å²) in [5, 5.41) is 9.96. The average molecular weight is 851 g/mol. The van der Waals surface area contributed by atoms with Gasteiger partial charge in [0.25, 0.3) is 0 Å². The molecule has 0 saturated heterocycles. The van der Waals surface area contributed by atoms with Gasteiger partial charge in [0, 0.05) is 5.41 Å². The van der Waals surface area contributed by atoms with Crippen LogP contribution in [0.2, 0.25) is 0 Å². The Morgan fingerprint density at radius 2 is 0.627 bits per heavy atom. The van der Waals surface area contributed by atoms with Gasteiger partial charge < -0.3 is 0 Å². The molecule has 0 aliphatic heterocycles. The molecule has 67 heavy (non-hydrogen) atoms. The summed E-state index contributed by atoms with van der Waals surface area (Å²) in [6.45, 7) is 4.73. The molecule has 0 unspecified atom stereocenters. The monoisotopic (exact) mass is 850 g/mol. The van der Waals surface area contributed by atoms with E-state index < -0.39 is 0 Å². The molecule has 0 amide bonds. The van der Waals surface area contributed by atoms with Gasteiger partial charge in [0.1, 0.15) is 0 Å². The van der Waals surface area contributed by atoms with E-state index in [4.69, 9.17) is 0 Å². The van der Waals surface area contributed by atoms with Crippen LogP contribution in [0, 0.1) is 0 Å². The van der Waals surface area contributed by atoms with E-state index in [0.717, 1.165) is 0 Å². The fourth-order valence-electron chi connectivity index (χ4n) is 11.4. The normalized spacial score (nSPS) is 12.7. The number of hydrogen-bond donors (Lipinski definition) is 0. The first kappa shape index (κ1) is 39.1. The quantitative estimate of drug-likeness (QED) is 0.146. The van der Waals surface area contributed by atoms with Gasteiger partial charge in [-0.2, -0.15) is 0 Å².